The molecular weight excluding hydrogens is 722 g/mol. The van der Waals surface area contributed by atoms with Crippen LogP contribution in [0.3, 0.4) is 0 Å². The van der Waals surface area contributed by atoms with Crippen LogP contribution in [0.25, 0.3) is 11.1 Å². The Morgan fingerprint density at radius 1 is 0.482 bits per heavy atom. The molecule has 8 aromatic rings. The number of para-hydroxylation sites is 6. The van der Waals surface area contributed by atoms with Gasteiger partial charge in [-0.25, -0.2) is 0 Å². The van der Waals surface area contributed by atoms with E-state index in [1.807, 2.05) is 23.5 Å². The van der Waals surface area contributed by atoms with Gasteiger partial charge in [0.25, 0.3) is 0 Å². The molecule has 0 fully saturated rings. The summed E-state index contributed by atoms with van der Waals surface area (Å²) in [5, 5.41) is 0. The zero-order valence-electron chi connectivity index (χ0n) is 30.4. The van der Waals surface area contributed by atoms with Gasteiger partial charge in [-0.2, -0.15) is 0 Å². The van der Waals surface area contributed by atoms with E-state index in [0.29, 0.717) is 0 Å². The van der Waals surface area contributed by atoms with Crippen molar-refractivity contribution in [2.75, 3.05) is 14.6 Å². The second kappa shape index (κ2) is 12.4. The average Bonchev–Trinajstić information content (AvgIpc) is 3.24. The fourth-order valence-corrected chi connectivity index (χ4v) is 11.3. The largest absolute Gasteiger partial charge is 0.453 e. The van der Waals surface area contributed by atoms with Gasteiger partial charge in [0.2, 0.25) is 0 Å². The molecular formula is C49H32BN3OS2. The highest BCUT2D eigenvalue weighted by atomic mass is 32.2. The fraction of sp³-hybridized carbons (Fsp3) is 0.0204. The highest BCUT2D eigenvalue weighted by Crippen LogP contribution is 2.57. The molecule has 4 nitrogen and oxygen atoms in total. The highest BCUT2D eigenvalue weighted by Gasteiger charge is 2.48. The van der Waals surface area contributed by atoms with E-state index in [0.717, 1.165) is 45.6 Å². The first kappa shape index (κ1) is 32.0. The van der Waals surface area contributed by atoms with E-state index in [1.165, 1.54) is 58.6 Å². The maximum Gasteiger partial charge on any atom is 0.333 e. The molecule has 0 aromatic heterocycles. The van der Waals surface area contributed by atoms with Gasteiger partial charge in [0.05, 0.1) is 11.4 Å². The molecule has 7 heteroatoms. The Kier molecular flexibility index (Phi) is 7.07. The van der Waals surface area contributed by atoms with Crippen LogP contribution in [0.4, 0.5) is 45.5 Å². The number of benzene rings is 8. The molecule has 56 heavy (non-hydrogen) atoms. The fourth-order valence-electron chi connectivity index (χ4n) is 8.99. The first-order valence-electron chi connectivity index (χ1n) is 19.0. The number of nitrogens with zero attached hydrogens (tertiary/aromatic N) is 3. The lowest BCUT2D eigenvalue weighted by Crippen LogP contribution is -2.62. The van der Waals surface area contributed by atoms with E-state index in [-0.39, 0.29) is 6.85 Å². The van der Waals surface area contributed by atoms with E-state index in [9.17, 15) is 0 Å². The third kappa shape index (κ3) is 4.71. The lowest BCUT2D eigenvalue weighted by molar-refractivity contribution is 0.477. The molecule has 0 radical (unpaired) electrons. The van der Waals surface area contributed by atoms with Gasteiger partial charge in [-0.15, -0.1) is 0 Å². The summed E-state index contributed by atoms with van der Waals surface area (Å²) in [6.07, 6.45) is 0. The van der Waals surface area contributed by atoms with Gasteiger partial charge in [0.15, 0.2) is 11.5 Å². The van der Waals surface area contributed by atoms with Crippen LogP contribution < -0.4 is 30.3 Å². The van der Waals surface area contributed by atoms with Crippen LogP contribution in [0.2, 0.25) is 0 Å². The Morgan fingerprint density at radius 2 is 1.11 bits per heavy atom. The average molecular weight is 754 g/mol. The van der Waals surface area contributed by atoms with Crippen molar-refractivity contribution in [2.45, 2.75) is 26.5 Å². The molecule has 0 amide bonds. The van der Waals surface area contributed by atoms with Crippen LogP contribution in [0.5, 0.6) is 11.5 Å². The Hall–Kier alpha value is -6.28. The predicted octanol–water partition coefficient (Wildman–Crippen LogP) is 12.9. The van der Waals surface area contributed by atoms with Crippen molar-refractivity contribution >= 4 is 86.8 Å². The van der Waals surface area contributed by atoms with E-state index in [2.05, 4.69) is 197 Å². The van der Waals surface area contributed by atoms with Crippen molar-refractivity contribution in [3.8, 4) is 22.6 Å². The number of anilines is 8. The Labute approximate surface area is 335 Å². The Bertz CT molecular complexity index is 2860. The minimum atomic E-state index is -0.115. The third-order valence-electron chi connectivity index (χ3n) is 11.4. The van der Waals surface area contributed by atoms with Crippen molar-refractivity contribution in [3.63, 3.8) is 0 Å². The van der Waals surface area contributed by atoms with Crippen molar-refractivity contribution in [2.24, 2.45) is 0 Å². The van der Waals surface area contributed by atoms with Crippen LogP contribution in [0.15, 0.2) is 196 Å². The van der Waals surface area contributed by atoms with E-state index in [1.54, 1.807) is 0 Å². The number of ether oxygens (including phenoxy) is 1. The molecule has 0 bridgehead atoms. The van der Waals surface area contributed by atoms with E-state index >= 15 is 0 Å². The quantitative estimate of drug-likeness (QED) is 0.166. The van der Waals surface area contributed by atoms with Crippen molar-refractivity contribution < 1.29 is 4.74 Å². The normalized spacial score (nSPS) is 13.7. The summed E-state index contributed by atoms with van der Waals surface area (Å²) in [6.45, 7) is 2.12. The van der Waals surface area contributed by atoms with Gasteiger partial charge in [-0.05, 0) is 114 Å². The van der Waals surface area contributed by atoms with Crippen LogP contribution >= 0.6 is 23.5 Å². The van der Waals surface area contributed by atoms with Crippen LogP contribution in [0, 0.1) is 6.92 Å². The maximum atomic E-state index is 6.76. The van der Waals surface area contributed by atoms with Crippen molar-refractivity contribution in [3.05, 3.63) is 181 Å². The van der Waals surface area contributed by atoms with Crippen molar-refractivity contribution in [1.82, 2.24) is 0 Å². The molecule has 0 spiro atoms. The third-order valence-corrected chi connectivity index (χ3v) is 13.9. The first-order chi connectivity index (χ1) is 27.7. The van der Waals surface area contributed by atoms with Crippen LogP contribution in [-0.4, -0.2) is 6.85 Å². The minimum Gasteiger partial charge on any atom is -0.453 e. The highest BCUT2D eigenvalue weighted by molar-refractivity contribution is 8.05. The van der Waals surface area contributed by atoms with Gasteiger partial charge in [-0.1, -0.05) is 115 Å². The van der Waals surface area contributed by atoms with Crippen LogP contribution in [0.1, 0.15) is 5.56 Å². The molecule has 0 aliphatic carbocycles. The first-order valence-corrected chi connectivity index (χ1v) is 20.6. The zero-order valence-corrected chi connectivity index (χ0v) is 32.0. The molecule has 12 rings (SSSR count). The predicted molar refractivity (Wildman–Crippen MR) is 234 cm³/mol. The topological polar surface area (TPSA) is 19.0 Å². The lowest BCUT2D eigenvalue weighted by atomic mass is 9.43. The molecule has 264 valence electrons. The summed E-state index contributed by atoms with van der Waals surface area (Å²) in [5.74, 6) is 1.72. The minimum absolute atomic E-state index is 0.115. The molecule has 8 aromatic carbocycles. The number of aryl methyl sites for hydroxylation is 1. The Morgan fingerprint density at radius 3 is 1.84 bits per heavy atom. The lowest BCUT2D eigenvalue weighted by Gasteiger charge is -2.48. The summed E-state index contributed by atoms with van der Waals surface area (Å²) >= 11 is 3.75. The Balaban J connectivity index is 1.21. The standard InChI is InChI=1S/C49H32BN3OS2/c1-31-15-8-9-21-38(31)53-40-30-47-46(55-44-25-12-13-26-45(44)56-47)29-35(40)36-27-34(51(32-16-4-2-5-17-32)33-18-6-3-7-19-33)28-41-48(36)50(53)37-20-14-24-43-49(37)52(41)39-22-10-11-23-42(39)54-43/h2-30H,1H3. The molecule has 0 N–H and O–H groups in total. The molecule has 4 aliphatic rings. The summed E-state index contributed by atoms with van der Waals surface area (Å²) in [4.78, 5) is 12.6. The molecule has 0 atom stereocenters. The van der Waals surface area contributed by atoms with Gasteiger partial charge >= 0.3 is 6.85 Å². The van der Waals surface area contributed by atoms with Crippen LogP contribution in [-0.2, 0) is 0 Å². The summed E-state index contributed by atoms with van der Waals surface area (Å²) < 4.78 is 6.76. The van der Waals surface area contributed by atoms with Gasteiger partial charge in [-0.3, -0.25) is 0 Å². The number of hydrogen-bond donors (Lipinski definition) is 0. The van der Waals surface area contributed by atoms with Gasteiger partial charge < -0.3 is 19.3 Å². The van der Waals surface area contributed by atoms with Gasteiger partial charge in [0, 0.05) is 59.3 Å². The molecule has 4 aliphatic heterocycles. The second-order valence-electron chi connectivity index (χ2n) is 14.6. The smallest absolute Gasteiger partial charge is 0.333 e. The molecule has 4 heterocycles. The summed E-state index contributed by atoms with van der Waals surface area (Å²) in [6, 6.07) is 63.9. The number of fused-ring (bicyclic) bond motifs is 8. The van der Waals surface area contributed by atoms with E-state index < -0.39 is 0 Å². The molecule has 0 saturated carbocycles. The maximum absolute atomic E-state index is 6.76. The van der Waals surface area contributed by atoms with E-state index in [4.69, 9.17) is 4.74 Å². The number of hydrogen-bond acceptors (Lipinski definition) is 6. The SMILES string of the molecule is Cc1ccccc1N1B2c3cccc4c3N(c3ccccc3O4)c3cc(N(c4ccccc4)c4ccccc4)cc(c32)-c2cc3c(cc21)Sc1ccccc1S3. The van der Waals surface area contributed by atoms with Crippen molar-refractivity contribution in [1.29, 1.82) is 0 Å². The molecule has 0 unspecified atom stereocenters. The number of rotatable bonds is 4. The zero-order chi connectivity index (χ0) is 36.9. The monoisotopic (exact) mass is 753 g/mol. The summed E-state index contributed by atoms with van der Waals surface area (Å²) in [7, 11) is 0. The summed E-state index contributed by atoms with van der Waals surface area (Å²) in [5.41, 5.74) is 15.2. The molecule has 0 saturated heterocycles. The second-order valence-corrected chi connectivity index (χ2v) is 16.7. The van der Waals surface area contributed by atoms with Gasteiger partial charge in [0.1, 0.15) is 0 Å².